The largest absolute Gasteiger partial charge is 0.464 e. The van der Waals surface area contributed by atoms with Crippen molar-refractivity contribution >= 4 is 23.6 Å². The Morgan fingerprint density at radius 1 is 1.47 bits per heavy atom. The number of furan rings is 1. The number of rotatable bonds is 6. The number of aryl methyl sites for hydroxylation is 1. The Morgan fingerprint density at radius 3 is 2.71 bits per heavy atom. The first kappa shape index (κ1) is 13.6. The zero-order valence-corrected chi connectivity index (χ0v) is 10.7. The van der Waals surface area contributed by atoms with E-state index in [9.17, 15) is 9.59 Å². The van der Waals surface area contributed by atoms with Gasteiger partial charge in [0.2, 0.25) is 11.8 Å². The van der Waals surface area contributed by atoms with Gasteiger partial charge in [-0.1, -0.05) is 0 Å². The van der Waals surface area contributed by atoms with Crippen LogP contribution in [0.1, 0.15) is 24.5 Å². The standard InChI is InChI=1S/C11H16N2O3S/c1-7-3-4-9(16-7)8(2)13-11(15)6-17-5-10(12)14/h3-4,8H,5-6H2,1-2H3,(H2,12,14)(H,13,15). The van der Waals surface area contributed by atoms with E-state index in [0.717, 1.165) is 11.5 Å². The number of nitrogens with two attached hydrogens (primary N) is 1. The molecule has 17 heavy (non-hydrogen) atoms. The molecule has 0 aliphatic carbocycles. The molecule has 94 valence electrons. The van der Waals surface area contributed by atoms with Gasteiger partial charge in [0, 0.05) is 0 Å². The normalized spacial score (nSPS) is 12.1. The van der Waals surface area contributed by atoms with E-state index in [1.807, 2.05) is 26.0 Å². The third-order valence-corrected chi connectivity index (χ3v) is 3.00. The van der Waals surface area contributed by atoms with Crippen LogP contribution in [0.3, 0.4) is 0 Å². The number of hydrogen-bond acceptors (Lipinski definition) is 4. The fourth-order valence-corrected chi connectivity index (χ4v) is 1.86. The predicted octanol–water partition coefficient (Wildman–Crippen LogP) is 0.984. The van der Waals surface area contributed by atoms with Crippen molar-refractivity contribution < 1.29 is 14.0 Å². The van der Waals surface area contributed by atoms with Crippen molar-refractivity contribution in [2.75, 3.05) is 11.5 Å². The second-order valence-corrected chi connectivity index (χ2v) is 4.68. The molecule has 0 saturated carbocycles. The Bertz CT molecular complexity index is 403. The third kappa shape index (κ3) is 4.95. The summed E-state index contributed by atoms with van der Waals surface area (Å²) in [5, 5.41) is 2.78. The minimum absolute atomic E-state index is 0.141. The summed E-state index contributed by atoms with van der Waals surface area (Å²) < 4.78 is 5.39. The monoisotopic (exact) mass is 256 g/mol. The minimum Gasteiger partial charge on any atom is -0.464 e. The first-order chi connectivity index (χ1) is 7.99. The zero-order valence-electron chi connectivity index (χ0n) is 9.86. The van der Waals surface area contributed by atoms with Crippen LogP contribution in [0.15, 0.2) is 16.5 Å². The summed E-state index contributed by atoms with van der Waals surface area (Å²) in [5.41, 5.74) is 4.97. The van der Waals surface area contributed by atoms with Gasteiger partial charge in [-0.15, -0.1) is 11.8 Å². The molecule has 0 bridgehead atoms. The van der Waals surface area contributed by atoms with E-state index in [4.69, 9.17) is 10.2 Å². The quantitative estimate of drug-likeness (QED) is 0.794. The number of carbonyl (C=O) groups excluding carboxylic acids is 2. The molecular formula is C11H16N2O3S. The maximum absolute atomic E-state index is 11.5. The van der Waals surface area contributed by atoms with Crippen LogP contribution in [0, 0.1) is 6.92 Å². The van der Waals surface area contributed by atoms with Crippen LogP contribution >= 0.6 is 11.8 Å². The van der Waals surface area contributed by atoms with Gasteiger partial charge < -0.3 is 15.5 Å². The fourth-order valence-electron chi connectivity index (χ4n) is 1.28. The molecule has 5 nitrogen and oxygen atoms in total. The van der Waals surface area contributed by atoms with Gasteiger partial charge in [-0.05, 0) is 26.0 Å². The highest BCUT2D eigenvalue weighted by atomic mass is 32.2. The van der Waals surface area contributed by atoms with E-state index in [2.05, 4.69) is 5.32 Å². The van der Waals surface area contributed by atoms with Gasteiger partial charge in [-0.25, -0.2) is 0 Å². The highest BCUT2D eigenvalue weighted by Gasteiger charge is 2.12. The number of amides is 2. The Labute approximate surface area is 104 Å². The van der Waals surface area contributed by atoms with Gasteiger partial charge in [0.05, 0.1) is 17.5 Å². The van der Waals surface area contributed by atoms with Crippen molar-refractivity contribution in [1.29, 1.82) is 0 Å². The molecule has 1 heterocycles. The Balaban J connectivity index is 2.33. The molecule has 2 amide bonds. The van der Waals surface area contributed by atoms with Crippen molar-refractivity contribution in [3.63, 3.8) is 0 Å². The van der Waals surface area contributed by atoms with Crippen LogP contribution in [0.4, 0.5) is 0 Å². The van der Waals surface area contributed by atoms with Crippen LogP contribution in [-0.2, 0) is 9.59 Å². The summed E-state index contributed by atoms with van der Waals surface area (Å²) in [7, 11) is 0. The molecule has 1 unspecified atom stereocenters. The van der Waals surface area contributed by atoms with Crippen molar-refractivity contribution in [3.8, 4) is 0 Å². The van der Waals surface area contributed by atoms with Crippen LogP contribution in [-0.4, -0.2) is 23.3 Å². The van der Waals surface area contributed by atoms with Crippen LogP contribution < -0.4 is 11.1 Å². The van der Waals surface area contributed by atoms with Gasteiger partial charge in [-0.3, -0.25) is 9.59 Å². The number of thioether (sulfide) groups is 1. The zero-order chi connectivity index (χ0) is 12.8. The van der Waals surface area contributed by atoms with Gasteiger partial charge >= 0.3 is 0 Å². The van der Waals surface area contributed by atoms with Crippen LogP contribution in [0.25, 0.3) is 0 Å². The van der Waals surface area contributed by atoms with Crippen LogP contribution in [0.2, 0.25) is 0 Å². The van der Waals surface area contributed by atoms with E-state index in [0.29, 0.717) is 0 Å². The molecule has 0 fully saturated rings. The Hall–Kier alpha value is -1.43. The molecule has 3 N–H and O–H groups in total. The molecule has 1 atom stereocenters. The predicted molar refractivity (Wildman–Crippen MR) is 66.5 cm³/mol. The highest BCUT2D eigenvalue weighted by Crippen LogP contribution is 2.15. The van der Waals surface area contributed by atoms with Crippen molar-refractivity contribution in [3.05, 3.63) is 23.7 Å². The molecule has 0 aliphatic heterocycles. The van der Waals surface area contributed by atoms with E-state index in [1.165, 1.54) is 11.8 Å². The smallest absolute Gasteiger partial charge is 0.230 e. The minimum atomic E-state index is -0.419. The molecule has 1 rings (SSSR count). The van der Waals surface area contributed by atoms with Crippen LogP contribution in [0.5, 0.6) is 0 Å². The lowest BCUT2D eigenvalue weighted by Gasteiger charge is -2.10. The molecule has 0 aromatic carbocycles. The first-order valence-electron chi connectivity index (χ1n) is 5.21. The average Bonchev–Trinajstić information content (AvgIpc) is 2.64. The lowest BCUT2D eigenvalue weighted by molar-refractivity contribution is -0.119. The summed E-state index contributed by atoms with van der Waals surface area (Å²) in [6, 6.07) is 3.50. The molecular weight excluding hydrogens is 240 g/mol. The average molecular weight is 256 g/mol. The summed E-state index contributed by atoms with van der Waals surface area (Å²) in [6.45, 7) is 3.69. The fraction of sp³-hybridized carbons (Fsp3) is 0.455. The Morgan fingerprint density at radius 2 is 2.18 bits per heavy atom. The van der Waals surface area contributed by atoms with E-state index >= 15 is 0 Å². The molecule has 1 aromatic heterocycles. The molecule has 1 aromatic rings. The van der Waals surface area contributed by atoms with Gasteiger partial charge in [0.25, 0.3) is 0 Å². The number of nitrogens with one attached hydrogen (secondary N) is 1. The maximum atomic E-state index is 11.5. The van der Waals surface area contributed by atoms with Crippen molar-refractivity contribution in [2.45, 2.75) is 19.9 Å². The second kappa shape index (κ2) is 6.34. The van der Waals surface area contributed by atoms with Crippen molar-refractivity contribution in [2.24, 2.45) is 5.73 Å². The van der Waals surface area contributed by atoms with Gasteiger partial charge in [-0.2, -0.15) is 0 Å². The molecule has 0 aliphatic rings. The van der Waals surface area contributed by atoms with Crippen molar-refractivity contribution in [1.82, 2.24) is 5.32 Å². The summed E-state index contributed by atoms with van der Waals surface area (Å²) in [5.74, 6) is 1.34. The van der Waals surface area contributed by atoms with Gasteiger partial charge in [0.15, 0.2) is 0 Å². The molecule has 0 saturated heterocycles. The lowest BCUT2D eigenvalue weighted by Crippen LogP contribution is -2.28. The third-order valence-electron chi connectivity index (χ3n) is 2.04. The first-order valence-corrected chi connectivity index (χ1v) is 6.36. The number of hydrogen-bond donors (Lipinski definition) is 2. The highest BCUT2D eigenvalue weighted by molar-refractivity contribution is 8.00. The topological polar surface area (TPSA) is 85.3 Å². The number of primary amides is 1. The summed E-state index contributed by atoms with van der Waals surface area (Å²) >= 11 is 1.19. The number of carbonyl (C=O) groups is 2. The summed E-state index contributed by atoms with van der Waals surface area (Å²) in [4.78, 5) is 22.0. The lowest BCUT2D eigenvalue weighted by atomic mass is 10.2. The van der Waals surface area contributed by atoms with E-state index in [1.54, 1.807) is 0 Å². The summed E-state index contributed by atoms with van der Waals surface area (Å²) in [6.07, 6.45) is 0. The van der Waals surface area contributed by atoms with Gasteiger partial charge in [0.1, 0.15) is 11.5 Å². The molecule has 6 heteroatoms. The molecule has 0 spiro atoms. The van der Waals surface area contributed by atoms with E-state index < -0.39 is 5.91 Å². The molecule has 0 radical (unpaired) electrons. The van der Waals surface area contributed by atoms with E-state index in [-0.39, 0.29) is 23.5 Å². The maximum Gasteiger partial charge on any atom is 0.230 e. The Kier molecular flexibility index (Phi) is 5.09. The second-order valence-electron chi connectivity index (χ2n) is 3.70. The SMILES string of the molecule is Cc1ccc(C(C)NC(=O)CSCC(N)=O)o1.